The molecule has 0 radical (unpaired) electrons. The summed E-state index contributed by atoms with van der Waals surface area (Å²) in [7, 11) is 0. The second kappa shape index (κ2) is 9.90. The molecule has 1 amide bonds. The lowest BCUT2D eigenvalue weighted by Gasteiger charge is -2.09. The van der Waals surface area contributed by atoms with E-state index in [4.69, 9.17) is 27.9 Å². The van der Waals surface area contributed by atoms with Crippen LogP contribution < -0.4 is 10.1 Å². The number of carbonyl (C=O) groups is 1. The van der Waals surface area contributed by atoms with Crippen molar-refractivity contribution in [3.8, 4) is 5.75 Å². The van der Waals surface area contributed by atoms with Crippen molar-refractivity contribution in [1.29, 1.82) is 0 Å². The molecule has 3 aromatic carbocycles. The van der Waals surface area contributed by atoms with Gasteiger partial charge in [0.05, 0.1) is 11.6 Å². The third kappa shape index (κ3) is 5.31. The first-order valence-corrected chi connectivity index (χ1v) is 10.8. The molecule has 4 aromatic rings. The first-order valence-electron chi connectivity index (χ1n) is 10.0. The molecule has 0 spiro atoms. The van der Waals surface area contributed by atoms with Crippen LogP contribution in [0.2, 0.25) is 10.0 Å². The Morgan fingerprint density at radius 2 is 1.72 bits per heavy atom. The number of nitrogens with one attached hydrogen (secondary N) is 1. The lowest BCUT2D eigenvalue weighted by atomic mass is 10.1. The summed E-state index contributed by atoms with van der Waals surface area (Å²) in [6.45, 7) is 2.76. The molecule has 4 rings (SSSR count). The van der Waals surface area contributed by atoms with Gasteiger partial charge >= 0.3 is 0 Å². The SMILES string of the molecule is Cc1cc(NC(=O)c2cccc(COc3ccccc3Cl)c2)nn1Cc1ccccc1Cl. The van der Waals surface area contributed by atoms with Crippen molar-refractivity contribution in [1.82, 2.24) is 9.78 Å². The number of amides is 1. The minimum Gasteiger partial charge on any atom is -0.487 e. The number of hydrogen-bond donors (Lipinski definition) is 1. The molecule has 1 aromatic heterocycles. The zero-order chi connectivity index (χ0) is 22.5. The molecule has 0 aliphatic heterocycles. The molecule has 0 saturated heterocycles. The van der Waals surface area contributed by atoms with Crippen molar-refractivity contribution in [2.24, 2.45) is 0 Å². The van der Waals surface area contributed by atoms with Gasteiger partial charge in [-0.1, -0.05) is 65.7 Å². The molecule has 0 aliphatic rings. The summed E-state index contributed by atoms with van der Waals surface area (Å²) in [5, 5.41) is 8.60. The van der Waals surface area contributed by atoms with E-state index >= 15 is 0 Å². The van der Waals surface area contributed by atoms with Crippen LogP contribution in [0.25, 0.3) is 0 Å². The van der Waals surface area contributed by atoms with Gasteiger partial charge in [0.1, 0.15) is 12.4 Å². The molecule has 1 N–H and O–H groups in total. The van der Waals surface area contributed by atoms with Crippen molar-refractivity contribution in [2.45, 2.75) is 20.1 Å². The van der Waals surface area contributed by atoms with Crippen LogP contribution in [-0.2, 0) is 13.2 Å². The minimum atomic E-state index is -0.244. The van der Waals surface area contributed by atoms with E-state index in [1.54, 1.807) is 24.3 Å². The van der Waals surface area contributed by atoms with Crippen LogP contribution in [0.15, 0.2) is 78.9 Å². The highest BCUT2D eigenvalue weighted by molar-refractivity contribution is 6.32. The molecule has 0 atom stereocenters. The monoisotopic (exact) mass is 465 g/mol. The fourth-order valence-electron chi connectivity index (χ4n) is 3.23. The molecule has 0 unspecified atom stereocenters. The van der Waals surface area contributed by atoms with Gasteiger partial charge in [-0.05, 0) is 48.4 Å². The fraction of sp³-hybridized carbons (Fsp3) is 0.120. The average Bonchev–Trinajstić information content (AvgIpc) is 3.13. The van der Waals surface area contributed by atoms with Gasteiger partial charge in [-0.2, -0.15) is 5.10 Å². The number of ether oxygens (including phenoxy) is 1. The Balaban J connectivity index is 1.42. The van der Waals surface area contributed by atoms with Crippen LogP contribution >= 0.6 is 23.2 Å². The zero-order valence-electron chi connectivity index (χ0n) is 17.4. The van der Waals surface area contributed by atoms with Crippen molar-refractivity contribution >= 4 is 34.9 Å². The van der Waals surface area contributed by atoms with Crippen molar-refractivity contribution in [3.05, 3.63) is 111 Å². The lowest BCUT2D eigenvalue weighted by Crippen LogP contribution is -2.13. The maximum absolute atomic E-state index is 12.8. The number of carbonyl (C=O) groups excluding carboxylic acids is 1. The van der Waals surface area contributed by atoms with Gasteiger partial charge in [0.15, 0.2) is 5.82 Å². The lowest BCUT2D eigenvalue weighted by molar-refractivity contribution is 0.102. The summed E-state index contributed by atoms with van der Waals surface area (Å²) in [5.74, 6) is 0.841. The topological polar surface area (TPSA) is 56.1 Å². The first-order chi connectivity index (χ1) is 15.5. The largest absolute Gasteiger partial charge is 0.487 e. The Morgan fingerprint density at radius 3 is 2.50 bits per heavy atom. The highest BCUT2D eigenvalue weighted by atomic mass is 35.5. The van der Waals surface area contributed by atoms with Crippen LogP contribution in [0.1, 0.15) is 27.2 Å². The molecule has 0 fully saturated rings. The van der Waals surface area contributed by atoms with Gasteiger partial charge < -0.3 is 10.1 Å². The van der Waals surface area contributed by atoms with E-state index in [0.717, 1.165) is 16.8 Å². The molecule has 0 aliphatic carbocycles. The number of halogens is 2. The third-order valence-corrected chi connectivity index (χ3v) is 5.60. The third-order valence-electron chi connectivity index (χ3n) is 4.92. The Kier molecular flexibility index (Phi) is 6.78. The summed E-state index contributed by atoms with van der Waals surface area (Å²) in [5.41, 5.74) is 3.26. The van der Waals surface area contributed by atoms with E-state index in [1.807, 2.05) is 66.2 Å². The Morgan fingerprint density at radius 1 is 0.969 bits per heavy atom. The van der Waals surface area contributed by atoms with Crippen molar-refractivity contribution in [2.75, 3.05) is 5.32 Å². The Labute approximate surface area is 196 Å². The normalized spacial score (nSPS) is 10.7. The molecule has 7 heteroatoms. The molecule has 0 bridgehead atoms. The van der Waals surface area contributed by atoms with Crippen LogP contribution in [-0.4, -0.2) is 15.7 Å². The molecular weight excluding hydrogens is 445 g/mol. The first kappa shape index (κ1) is 21.9. The Hall–Kier alpha value is -3.28. The minimum absolute atomic E-state index is 0.244. The second-order valence-electron chi connectivity index (χ2n) is 7.29. The standard InChI is InChI=1S/C25H21Cl2N3O2/c1-17-13-24(29-30(17)15-20-8-2-3-10-21(20)26)28-25(31)19-9-6-7-18(14-19)16-32-23-12-5-4-11-22(23)27/h2-14H,15-16H2,1H3,(H,28,29,31). The van der Waals surface area contributed by atoms with E-state index in [-0.39, 0.29) is 5.91 Å². The van der Waals surface area contributed by atoms with Crippen LogP contribution in [0, 0.1) is 6.92 Å². The molecule has 5 nitrogen and oxygen atoms in total. The van der Waals surface area contributed by atoms with Crippen molar-refractivity contribution in [3.63, 3.8) is 0 Å². The van der Waals surface area contributed by atoms with Gasteiger partial charge in [-0.25, -0.2) is 0 Å². The predicted molar refractivity (Wildman–Crippen MR) is 128 cm³/mol. The van der Waals surface area contributed by atoms with Crippen molar-refractivity contribution < 1.29 is 9.53 Å². The quantitative estimate of drug-likeness (QED) is 0.344. The number of aryl methyl sites for hydroxylation is 1. The smallest absolute Gasteiger partial charge is 0.256 e. The maximum Gasteiger partial charge on any atom is 0.256 e. The van der Waals surface area contributed by atoms with Gasteiger partial charge in [-0.15, -0.1) is 0 Å². The number of aromatic nitrogens is 2. The van der Waals surface area contributed by atoms with Crippen LogP contribution in [0.4, 0.5) is 5.82 Å². The summed E-state index contributed by atoms with van der Waals surface area (Å²) in [6.07, 6.45) is 0. The number of rotatable bonds is 7. The molecule has 162 valence electrons. The molecule has 1 heterocycles. The summed E-state index contributed by atoms with van der Waals surface area (Å²) in [4.78, 5) is 12.8. The number of nitrogens with zero attached hydrogens (tertiary/aromatic N) is 2. The van der Waals surface area contributed by atoms with E-state index in [1.165, 1.54) is 0 Å². The summed E-state index contributed by atoms with van der Waals surface area (Å²) in [6, 6.07) is 24.0. The average molecular weight is 466 g/mol. The molecule has 0 saturated carbocycles. The van der Waals surface area contributed by atoms with Gasteiger partial charge in [0.25, 0.3) is 5.91 Å². The maximum atomic E-state index is 12.8. The number of hydrogen-bond acceptors (Lipinski definition) is 3. The zero-order valence-corrected chi connectivity index (χ0v) is 18.9. The highest BCUT2D eigenvalue weighted by Crippen LogP contribution is 2.24. The number of benzene rings is 3. The fourth-order valence-corrected chi connectivity index (χ4v) is 3.62. The van der Waals surface area contributed by atoms with Crippen LogP contribution in [0.5, 0.6) is 5.75 Å². The Bertz CT molecular complexity index is 1250. The highest BCUT2D eigenvalue weighted by Gasteiger charge is 2.12. The summed E-state index contributed by atoms with van der Waals surface area (Å²) >= 11 is 12.4. The van der Waals surface area contributed by atoms with Gasteiger partial charge in [0.2, 0.25) is 0 Å². The van der Waals surface area contributed by atoms with E-state index in [9.17, 15) is 4.79 Å². The number of anilines is 1. The van der Waals surface area contributed by atoms with E-state index in [2.05, 4.69) is 10.4 Å². The van der Waals surface area contributed by atoms with Crippen LogP contribution in [0.3, 0.4) is 0 Å². The summed E-state index contributed by atoms with van der Waals surface area (Å²) < 4.78 is 7.58. The molecular formula is C25H21Cl2N3O2. The van der Waals surface area contributed by atoms with E-state index < -0.39 is 0 Å². The second-order valence-corrected chi connectivity index (χ2v) is 8.11. The van der Waals surface area contributed by atoms with Gasteiger partial charge in [-0.3, -0.25) is 9.48 Å². The molecule has 32 heavy (non-hydrogen) atoms. The van der Waals surface area contributed by atoms with Gasteiger partial charge in [0, 0.05) is 22.3 Å². The number of para-hydroxylation sites is 1. The van der Waals surface area contributed by atoms with E-state index in [0.29, 0.717) is 40.3 Å². The predicted octanol–water partition coefficient (Wildman–Crippen LogP) is 6.38.